The SMILES string of the molecule is COc1ccc(Cc2nc3ccc(N)cn3c2CC#N)cc1OC. The van der Waals surface area contributed by atoms with Crippen LogP contribution in [0.5, 0.6) is 11.5 Å². The predicted octanol–water partition coefficient (Wildman–Crippen LogP) is 2.59. The number of hydrogen-bond acceptors (Lipinski definition) is 5. The molecule has 122 valence electrons. The Bertz CT molecular complexity index is 925. The molecule has 2 heterocycles. The summed E-state index contributed by atoms with van der Waals surface area (Å²) in [5.74, 6) is 1.35. The second-order valence-electron chi connectivity index (χ2n) is 5.40. The van der Waals surface area contributed by atoms with Gasteiger partial charge in [-0.05, 0) is 29.8 Å². The number of pyridine rings is 1. The maximum Gasteiger partial charge on any atom is 0.160 e. The Labute approximate surface area is 140 Å². The third kappa shape index (κ3) is 2.84. The summed E-state index contributed by atoms with van der Waals surface area (Å²) in [6, 6.07) is 11.6. The molecule has 0 aliphatic heterocycles. The Morgan fingerprint density at radius 1 is 1.17 bits per heavy atom. The molecule has 0 radical (unpaired) electrons. The number of ether oxygens (including phenoxy) is 2. The molecular weight excluding hydrogens is 304 g/mol. The number of hydrogen-bond donors (Lipinski definition) is 1. The topological polar surface area (TPSA) is 85.6 Å². The highest BCUT2D eigenvalue weighted by Crippen LogP contribution is 2.29. The van der Waals surface area contributed by atoms with Crippen LogP contribution in [0.15, 0.2) is 36.5 Å². The van der Waals surface area contributed by atoms with Crippen molar-refractivity contribution in [2.75, 3.05) is 20.0 Å². The number of aromatic nitrogens is 2. The molecule has 0 saturated heterocycles. The molecule has 0 atom stereocenters. The van der Waals surface area contributed by atoms with Gasteiger partial charge in [0.25, 0.3) is 0 Å². The van der Waals surface area contributed by atoms with E-state index >= 15 is 0 Å². The maximum atomic E-state index is 9.15. The lowest BCUT2D eigenvalue weighted by atomic mass is 10.1. The first-order valence-electron chi connectivity index (χ1n) is 7.49. The van der Waals surface area contributed by atoms with Crippen LogP contribution in [0.2, 0.25) is 0 Å². The number of imidazole rings is 1. The van der Waals surface area contributed by atoms with Gasteiger partial charge in [0.1, 0.15) is 5.65 Å². The fourth-order valence-electron chi connectivity index (χ4n) is 2.75. The molecule has 0 unspecified atom stereocenters. The number of fused-ring (bicyclic) bond motifs is 1. The summed E-state index contributed by atoms with van der Waals surface area (Å²) >= 11 is 0. The number of rotatable bonds is 5. The Balaban J connectivity index is 2.03. The van der Waals surface area contributed by atoms with Crippen LogP contribution in [-0.2, 0) is 12.8 Å². The molecule has 24 heavy (non-hydrogen) atoms. The molecule has 6 nitrogen and oxygen atoms in total. The lowest BCUT2D eigenvalue weighted by molar-refractivity contribution is 0.354. The van der Waals surface area contributed by atoms with Gasteiger partial charge in [0.05, 0.1) is 38.1 Å². The molecule has 2 aromatic heterocycles. The molecule has 0 bridgehead atoms. The minimum absolute atomic E-state index is 0.271. The summed E-state index contributed by atoms with van der Waals surface area (Å²) < 4.78 is 12.5. The molecule has 0 amide bonds. The summed E-state index contributed by atoms with van der Waals surface area (Å²) in [4.78, 5) is 4.65. The van der Waals surface area contributed by atoms with Crippen LogP contribution in [0.25, 0.3) is 5.65 Å². The van der Waals surface area contributed by atoms with Crippen LogP contribution in [0, 0.1) is 11.3 Å². The molecule has 6 heteroatoms. The van der Waals surface area contributed by atoms with Gasteiger partial charge in [0, 0.05) is 18.3 Å². The van der Waals surface area contributed by atoms with E-state index < -0.39 is 0 Å². The van der Waals surface area contributed by atoms with E-state index in [0.29, 0.717) is 23.6 Å². The van der Waals surface area contributed by atoms with Crippen LogP contribution in [0.3, 0.4) is 0 Å². The number of anilines is 1. The lowest BCUT2D eigenvalue weighted by Crippen LogP contribution is -1.99. The van der Waals surface area contributed by atoms with Crippen LogP contribution < -0.4 is 15.2 Å². The van der Waals surface area contributed by atoms with Crippen molar-refractivity contribution in [3.63, 3.8) is 0 Å². The van der Waals surface area contributed by atoms with Gasteiger partial charge in [-0.15, -0.1) is 0 Å². The smallest absolute Gasteiger partial charge is 0.160 e. The highest BCUT2D eigenvalue weighted by molar-refractivity contribution is 5.52. The van der Waals surface area contributed by atoms with Crippen LogP contribution in [0.4, 0.5) is 5.69 Å². The normalized spacial score (nSPS) is 10.5. The average molecular weight is 322 g/mol. The van der Waals surface area contributed by atoms with Gasteiger partial charge in [-0.1, -0.05) is 6.07 Å². The van der Waals surface area contributed by atoms with Crippen molar-refractivity contribution in [3.8, 4) is 17.6 Å². The van der Waals surface area contributed by atoms with E-state index in [2.05, 4.69) is 11.1 Å². The molecule has 0 saturated carbocycles. The Morgan fingerprint density at radius 2 is 1.96 bits per heavy atom. The number of methoxy groups -OCH3 is 2. The van der Waals surface area contributed by atoms with Crippen molar-refractivity contribution in [2.45, 2.75) is 12.8 Å². The quantitative estimate of drug-likeness (QED) is 0.780. The minimum atomic E-state index is 0.271. The summed E-state index contributed by atoms with van der Waals surface area (Å²) in [6.45, 7) is 0. The van der Waals surface area contributed by atoms with E-state index in [4.69, 9.17) is 20.5 Å². The van der Waals surface area contributed by atoms with Gasteiger partial charge in [0.15, 0.2) is 11.5 Å². The number of nitrogens with zero attached hydrogens (tertiary/aromatic N) is 3. The van der Waals surface area contributed by atoms with E-state index in [1.54, 1.807) is 26.5 Å². The third-order valence-corrected chi connectivity index (χ3v) is 3.89. The van der Waals surface area contributed by atoms with E-state index in [0.717, 1.165) is 22.6 Å². The van der Waals surface area contributed by atoms with Gasteiger partial charge in [-0.3, -0.25) is 0 Å². The molecule has 0 aliphatic rings. The second kappa shape index (κ2) is 6.50. The van der Waals surface area contributed by atoms with Crippen molar-refractivity contribution >= 4 is 11.3 Å². The molecule has 1 aromatic carbocycles. The van der Waals surface area contributed by atoms with Crippen molar-refractivity contribution in [3.05, 3.63) is 53.5 Å². The van der Waals surface area contributed by atoms with E-state index in [1.165, 1.54) is 0 Å². The van der Waals surface area contributed by atoms with Gasteiger partial charge in [0.2, 0.25) is 0 Å². The highest BCUT2D eigenvalue weighted by atomic mass is 16.5. The molecule has 0 aliphatic carbocycles. The minimum Gasteiger partial charge on any atom is -0.493 e. The summed E-state index contributed by atoms with van der Waals surface area (Å²) in [6.07, 6.45) is 2.67. The van der Waals surface area contributed by atoms with Crippen LogP contribution in [0.1, 0.15) is 17.0 Å². The summed E-state index contributed by atoms with van der Waals surface area (Å²) in [5.41, 5.74) is 10.0. The molecule has 2 N–H and O–H groups in total. The van der Waals surface area contributed by atoms with Gasteiger partial charge < -0.3 is 19.6 Å². The molecule has 3 aromatic rings. The largest absolute Gasteiger partial charge is 0.493 e. The zero-order chi connectivity index (χ0) is 17.1. The van der Waals surface area contributed by atoms with Crippen molar-refractivity contribution < 1.29 is 9.47 Å². The van der Waals surface area contributed by atoms with Crippen molar-refractivity contribution in [1.82, 2.24) is 9.38 Å². The van der Waals surface area contributed by atoms with E-state index in [1.807, 2.05) is 28.7 Å². The number of nitrogen functional groups attached to an aromatic ring is 1. The molecule has 0 spiro atoms. The van der Waals surface area contributed by atoms with Gasteiger partial charge in [-0.2, -0.15) is 5.26 Å². The first-order chi connectivity index (χ1) is 11.7. The predicted molar refractivity (Wildman–Crippen MR) is 91.3 cm³/mol. The monoisotopic (exact) mass is 322 g/mol. The zero-order valence-corrected chi connectivity index (χ0v) is 13.6. The van der Waals surface area contributed by atoms with E-state index in [-0.39, 0.29) is 6.42 Å². The fraction of sp³-hybridized carbons (Fsp3) is 0.222. The fourth-order valence-corrected chi connectivity index (χ4v) is 2.75. The van der Waals surface area contributed by atoms with Crippen LogP contribution in [-0.4, -0.2) is 23.6 Å². The second-order valence-corrected chi connectivity index (χ2v) is 5.40. The first-order valence-corrected chi connectivity index (χ1v) is 7.49. The lowest BCUT2D eigenvalue weighted by Gasteiger charge is -2.09. The van der Waals surface area contributed by atoms with Crippen molar-refractivity contribution in [1.29, 1.82) is 5.26 Å². The standard InChI is InChI=1S/C18H18N4O2/c1-23-16-5-3-12(10-17(16)24-2)9-14-15(7-8-19)22-11-13(20)4-6-18(22)21-14/h3-6,10-11H,7,9,20H2,1-2H3. The number of nitriles is 1. The number of nitrogens with two attached hydrogens (primary N) is 1. The van der Waals surface area contributed by atoms with Crippen LogP contribution >= 0.6 is 0 Å². The van der Waals surface area contributed by atoms with Crippen molar-refractivity contribution in [2.24, 2.45) is 0 Å². The zero-order valence-electron chi connectivity index (χ0n) is 13.6. The summed E-state index contributed by atoms with van der Waals surface area (Å²) in [5, 5.41) is 9.15. The Morgan fingerprint density at radius 3 is 2.67 bits per heavy atom. The van der Waals surface area contributed by atoms with Gasteiger partial charge in [-0.25, -0.2) is 4.98 Å². The van der Waals surface area contributed by atoms with E-state index in [9.17, 15) is 0 Å². The maximum absolute atomic E-state index is 9.15. The third-order valence-electron chi connectivity index (χ3n) is 3.89. The Kier molecular flexibility index (Phi) is 4.25. The van der Waals surface area contributed by atoms with Gasteiger partial charge >= 0.3 is 0 Å². The number of benzene rings is 1. The molecular formula is C18H18N4O2. The highest BCUT2D eigenvalue weighted by Gasteiger charge is 2.14. The molecule has 3 rings (SSSR count). The first kappa shape index (κ1) is 15.7. The average Bonchev–Trinajstić information content (AvgIpc) is 2.92. The molecule has 0 fully saturated rings. The Hall–Kier alpha value is -3.20. The summed E-state index contributed by atoms with van der Waals surface area (Å²) in [7, 11) is 3.21.